The highest BCUT2D eigenvalue weighted by atomic mass is 16.2. The van der Waals surface area contributed by atoms with Crippen LogP contribution in [-0.2, 0) is 4.79 Å². The van der Waals surface area contributed by atoms with Crippen LogP contribution in [0.15, 0.2) is 36.5 Å². The van der Waals surface area contributed by atoms with Gasteiger partial charge in [-0.1, -0.05) is 6.07 Å². The molecule has 1 aromatic heterocycles. The van der Waals surface area contributed by atoms with Gasteiger partial charge in [0.2, 0.25) is 5.91 Å². The zero-order valence-corrected chi connectivity index (χ0v) is 19.1. The van der Waals surface area contributed by atoms with Gasteiger partial charge in [-0.05, 0) is 53.1 Å². The van der Waals surface area contributed by atoms with Crippen LogP contribution in [0.4, 0.5) is 22.9 Å². The van der Waals surface area contributed by atoms with E-state index in [1.54, 1.807) is 24.2 Å². The third-order valence-electron chi connectivity index (χ3n) is 5.40. The molecule has 2 heterocycles. The largest absolute Gasteiger partial charge is 0.355 e. The summed E-state index contributed by atoms with van der Waals surface area (Å²) in [5.74, 6) is 0.602. The van der Waals surface area contributed by atoms with Crippen molar-refractivity contribution in [2.45, 2.75) is 32.9 Å². The molecule has 1 aliphatic rings. The van der Waals surface area contributed by atoms with Gasteiger partial charge in [0.05, 0.1) is 17.6 Å². The number of anilines is 4. The van der Waals surface area contributed by atoms with Crippen molar-refractivity contribution < 1.29 is 9.59 Å². The van der Waals surface area contributed by atoms with Gasteiger partial charge in [0.25, 0.3) is 5.91 Å². The minimum Gasteiger partial charge on any atom is -0.355 e. The molecule has 8 heteroatoms. The van der Waals surface area contributed by atoms with E-state index in [0.29, 0.717) is 17.9 Å². The summed E-state index contributed by atoms with van der Waals surface area (Å²) >= 11 is 0. The Morgan fingerprint density at radius 2 is 1.97 bits per heavy atom. The van der Waals surface area contributed by atoms with Crippen molar-refractivity contribution in [2.24, 2.45) is 0 Å². The van der Waals surface area contributed by atoms with Gasteiger partial charge in [0.1, 0.15) is 11.9 Å². The standard InChI is InChI=1S/C23H32N6O2/c1-15(2)29-16(3)23(31)28(6)20-14-25-21(13-19(20)29)26-18-9-7-8-17(12-18)22(30)24-10-11-27(4)5/h7-9,12-16H,10-11H2,1-6H3,(H,24,30)(H,25,26). The maximum absolute atomic E-state index is 12.6. The van der Waals surface area contributed by atoms with Crippen LogP contribution in [-0.4, -0.2) is 68.0 Å². The van der Waals surface area contributed by atoms with Gasteiger partial charge < -0.3 is 25.3 Å². The number of carbonyl (C=O) groups is 2. The summed E-state index contributed by atoms with van der Waals surface area (Å²) in [6.45, 7) is 7.44. The summed E-state index contributed by atoms with van der Waals surface area (Å²) in [5.41, 5.74) is 3.11. The summed E-state index contributed by atoms with van der Waals surface area (Å²) in [6, 6.07) is 9.22. The SMILES string of the molecule is CC(C)N1c2cc(Nc3cccc(C(=O)NCCN(C)C)c3)ncc2N(C)C(=O)C1C. The van der Waals surface area contributed by atoms with Gasteiger partial charge in [-0.3, -0.25) is 9.59 Å². The quantitative estimate of drug-likeness (QED) is 0.711. The lowest BCUT2D eigenvalue weighted by atomic mass is 10.1. The lowest BCUT2D eigenvalue weighted by Crippen LogP contribution is -2.53. The number of hydrogen-bond acceptors (Lipinski definition) is 6. The van der Waals surface area contributed by atoms with Gasteiger partial charge in [0, 0.05) is 43.5 Å². The molecular weight excluding hydrogens is 392 g/mol. The average molecular weight is 425 g/mol. The Kier molecular flexibility index (Phi) is 6.80. The lowest BCUT2D eigenvalue weighted by Gasteiger charge is -2.42. The first-order chi connectivity index (χ1) is 14.7. The first-order valence-electron chi connectivity index (χ1n) is 10.5. The van der Waals surface area contributed by atoms with E-state index in [2.05, 4.69) is 34.4 Å². The summed E-state index contributed by atoms with van der Waals surface area (Å²) in [7, 11) is 5.72. The second-order valence-electron chi connectivity index (χ2n) is 8.40. The van der Waals surface area contributed by atoms with Crippen molar-refractivity contribution in [1.82, 2.24) is 15.2 Å². The molecule has 31 heavy (non-hydrogen) atoms. The molecule has 0 saturated heterocycles. The molecule has 8 nitrogen and oxygen atoms in total. The van der Waals surface area contributed by atoms with Crippen molar-refractivity contribution in [2.75, 3.05) is 49.3 Å². The molecule has 166 valence electrons. The molecule has 3 rings (SSSR count). The Hall–Kier alpha value is -3.13. The minimum atomic E-state index is -0.248. The van der Waals surface area contributed by atoms with Gasteiger partial charge >= 0.3 is 0 Å². The predicted molar refractivity (Wildman–Crippen MR) is 125 cm³/mol. The van der Waals surface area contributed by atoms with E-state index in [-0.39, 0.29) is 23.9 Å². The molecule has 1 aromatic carbocycles. The number of fused-ring (bicyclic) bond motifs is 1. The molecule has 1 unspecified atom stereocenters. The Labute approximate surface area is 184 Å². The molecule has 0 aliphatic carbocycles. The van der Waals surface area contributed by atoms with Crippen molar-refractivity contribution in [3.8, 4) is 0 Å². The van der Waals surface area contributed by atoms with Gasteiger partial charge in [-0.2, -0.15) is 0 Å². The fraction of sp³-hybridized carbons (Fsp3) is 0.435. The second-order valence-corrected chi connectivity index (χ2v) is 8.40. The molecular formula is C23H32N6O2. The third-order valence-corrected chi connectivity index (χ3v) is 5.40. The maximum Gasteiger partial charge on any atom is 0.251 e. The van der Waals surface area contributed by atoms with Crippen molar-refractivity contribution in [3.63, 3.8) is 0 Å². The van der Waals surface area contributed by atoms with E-state index >= 15 is 0 Å². The molecule has 0 fully saturated rings. The molecule has 0 saturated carbocycles. The normalized spacial score (nSPS) is 16.0. The highest BCUT2D eigenvalue weighted by molar-refractivity contribution is 6.05. The van der Waals surface area contributed by atoms with E-state index in [4.69, 9.17) is 0 Å². The monoisotopic (exact) mass is 424 g/mol. The minimum absolute atomic E-state index is 0.0525. The van der Waals surface area contributed by atoms with Crippen LogP contribution in [0.25, 0.3) is 0 Å². The number of hydrogen-bond donors (Lipinski definition) is 2. The molecule has 2 aromatic rings. The van der Waals surface area contributed by atoms with E-state index in [9.17, 15) is 9.59 Å². The highest BCUT2D eigenvalue weighted by Crippen LogP contribution is 2.38. The Bertz CT molecular complexity index is 959. The molecule has 0 radical (unpaired) electrons. The lowest BCUT2D eigenvalue weighted by molar-refractivity contribution is -0.119. The molecule has 1 aliphatic heterocycles. The van der Waals surface area contributed by atoms with E-state index in [0.717, 1.165) is 23.6 Å². The first kappa shape index (κ1) is 22.6. The number of aromatic nitrogens is 1. The molecule has 2 amide bonds. The number of rotatable bonds is 7. The molecule has 1 atom stereocenters. The zero-order valence-electron chi connectivity index (χ0n) is 19.1. The third kappa shape index (κ3) is 4.96. The molecule has 2 N–H and O–H groups in total. The van der Waals surface area contributed by atoms with Gasteiger partial charge in [-0.15, -0.1) is 0 Å². The average Bonchev–Trinajstić information content (AvgIpc) is 2.72. The highest BCUT2D eigenvalue weighted by Gasteiger charge is 2.35. The number of likely N-dealkylation sites (N-methyl/N-ethyl adjacent to an activating group) is 2. The summed E-state index contributed by atoms with van der Waals surface area (Å²) in [4.78, 5) is 35.3. The number of carbonyl (C=O) groups excluding carboxylic acids is 2. The number of benzene rings is 1. The Morgan fingerprint density at radius 3 is 2.65 bits per heavy atom. The van der Waals surface area contributed by atoms with Gasteiger partial charge in [0.15, 0.2) is 0 Å². The van der Waals surface area contributed by atoms with Crippen molar-refractivity contribution >= 4 is 34.7 Å². The fourth-order valence-electron chi connectivity index (χ4n) is 3.80. The molecule has 0 spiro atoms. The van der Waals surface area contributed by atoms with E-state index < -0.39 is 0 Å². The topological polar surface area (TPSA) is 80.8 Å². The van der Waals surface area contributed by atoms with E-state index in [1.807, 2.05) is 50.2 Å². The Morgan fingerprint density at radius 1 is 1.23 bits per heavy atom. The van der Waals surface area contributed by atoms with Crippen molar-refractivity contribution in [1.29, 1.82) is 0 Å². The number of nitrogens with zero attached hydrogens (tertiary/aromatic N) is 4. The number of amides is 2. The van der Waals surface area contributed by atoms with Crippen LogP contribution in [0, 0.1) is 0 Å². The second kappa shape index (κ2) is 9.34. The van der Waals surface area contributed by atoms with Crippen LogP contribution in [0.1, 0.15) is 31.1 Å². The summed E-state index contributed by atoms with van der Waals surface area (Å²) < 4.78 is 0. The number of nitrogens with one attached hydrogen (secondary N) is 2. The number of pyridine rings is 1. The first-order valence-corrected chi connectivity index (χ1v) is 10.5. The Balaban J connectivity index is 1.81. The van der Waals surface area contributed by atoms with Crippen LogP contribution >= 0.6 is 0 Å². The zero-order chi connectivity index (χ0) is 22.7. The van der Waals surface area contributed by atoms with Crippen LogP contribution in [0.3, 0.4) is 0 Å². The fourth-order valence-corrected chi connectivity index (χ4v) is 3.80. The van der Waals surface area contributed by atoms with Crippen molar-refractivity contribution in [3.05, 3.63) is 42.1 Å². The molecule has 0 bridgehead atoms. The maximum atomic E-state index is 12.6. The van der Waals surface area contributed by atoms with Crippen LogP contribution in [0.5, 0.6) is 0 Å². The predicted octanol–water partition coefficient (Wildman–Crippen LogP) is 2.70. The summed E-state index contributed by atoms with van der Waals surface area (Å²) in [6.07, 6.45) is 1.72. The van der Waals surface area contributed by atoms with E-state index in [1.165, 1.54) is 0 Å². The van der Waals surface area contributed by atoms with Crippen LogP contribution in [0.2, 0.25) is 0 Å². The smallest absolute Gasteiger partial charge is 0.251 e. The summed E-state index contributed by atoms with van der Waals surface area (Å²) in [5, 5.41) is 6.22. The van der Waals surface area contributed by atoms with Crippen LogP contribution < -0.4 is 20.4 Å². The van der Waals surface area contributed by atoms with Gasteiger partial charge in [-0.25, -0.2) is 4.98 Å².